The molecule has 1 N–H and O–H groups in total. The topological polar surface area (TPSA) is 81.5 Å². The molecule has 24 heavy (non-hydrogen) atoms. The van der Waals surface area contributed by atoms with E-state index in [2.05, 4.69) is 5.32 Å². The Morgan fingerprint density at radius 2 is 2.04 bits per heavy atom. The summed E-state index contributed by atoms with van der Waals surface area (Å²) in [5.74, 6) is -0.0823. The van der Waals surface area contributed by atoms with Gasteiger partial charge in [0.25, 0.3) is 11.6 Å². The lowest BCUT2D eigenvalue weighted by molar-refractivity contribution is -0.384. The first-order valence-electron chi connectivity index (χ1n) is 7.30. The maximum absolute atomic E-state index is 12.0. The van der Waals surface area contributed by atoms with Gasteiger partial charge < -0.3 is 10.1 Å². The number of non-ortho nitro benzene ring substituents is 1. The number of carbonyl (C=O) groups excluding carboxylic acids is 1. The summed E-state index contributed by atoms with van der Waals surface area (Å²) in [6.07, 6.45) is 0. The summed E-state index contributed by atoms with van der Waals surface area (Å²) < 4.78 is 5.33. The van der Waals surface area contributed by atoms with Gasteiger partial charge in [0.15, 0.2) is 6.61 Å². The van der Waals surface area contributed by atoms with Gasteiger partial charge in [0.05, 0.1) is 16.0 Å². The third-order valence-electron chi connectivity index (χ3n) is 3.52. The highest BCUT2D eigenvalue weighted by Crippen LogP contribution is 2.28. The molecular weight excluding hydrogens is 332 g/mol. The fraction of sp³-hybridized carbons (Fsp3) is 0.235. The van der Waals surface area contributed by atoms with E-state index in [1.165, 1.54) is 18.2 Å². The number of hydrogen-bond donors (Lipinski definition) is 1. The summed E-state index contributed by atoms with van der Waals surface area (Å²) in [5.41, 5.74) is 1.98. The number of halogens is 1. The quantitative estimate of drug-likeness (QED) is 0.635. The van der Waals surface area contributed by atoms with Gasteiger partial charge in [-0.05, 0) is 31.0 Å². The minimum Gasteiger partial charge on any atom is -0.482 e. The van der Waals surface area contributed by atoms with Gasteiger partial charge in [-0.1, -0.05) is 35.9 Å². The van der Waals surface area contributed by atoms with Crippen LogP contribution in [-0.4, -0.2) is 17.4 Å². The van der Waals surface area contributed by atoms with Crippen LogP contribution in [0.2, 0.25) is 5.02 Å². The number of benzene rings is 2. The first-order chi connectivity index (χ1) is 11.4. The van der Waals surface area contributed by atoms with Crippen molar-refractivity contribution < 1.29 is 14.5 Å². The first-order valence-corrected chi connectivity index (χ1v) is 7.68. The number of aryl methyl sites for hydroxylation is 1. The third kappa shape index (κ3) is 4.45. The summed E-state index contributed by atoms with van der Waals surface area (Å²) in [7, 11) is 0. The fourth-order valence-corrected chi connectivity index (χ4v) is 2.53. The van der Waals surface area contributed by atoms with Crippen molar-refractivity contribution in [2.45, 2.75) is 19.9 Å². The van der Waals surface area contributed by atoms with E-state index in [1.807, 2.05) is 38.1 Å². The molecular formula is C17H17ClN2O4. The summed E-state index contributed by atoms with van der Waals surface area (Å²) in [6, 6.07) is 11.5. The van der Waals surface area contributed by atoms with Crippen molar-refractivity contribution in [2.24, 2.45) is 0 Å². The highest BCUT2D eigenvalue weighted by atomic mass is 35.5. The van der Waals surface area contributed by atoms with Crippen molar-refractivity contribution in [1.82, 2.24) is 5.32 Å². The standard InChI is InChI=1S/C17H17ClN2O4/c1-11-5-3-4-6-14(11)12(2)19-17(21)10-24-16-8-7-13(20(22)23)9-15(16)18/h3-9,12H,10H2,1-2H3,(H,19,21). The van der Waals surface area contributed by atoms with E-state index >= 15 is 0 Å². The zero-order valence-electron chi connectivity index (χ0n) is 13.3. The Kier molecular flexibility index (Phi) is 5.76. The molecule has 0 aromatic heterocycles. The second kappa shape index (κ2) is 7.79. The predicted octanol–water partition coefficient (Wildman–Crippen LogP) is 3.81. The van der Waals surface area contributed by atoms with E-state index in [0.717, 1.165) is 11.1 Å². The van der Waals surface area contributed by atoms with Gasteiger partial charge in [-0.15, -0.1) is 0 Å². The molecule has 0 aliphatic rings. The van der Waals surface area contributed by atoms with Crippen molar-refractivity contribution in [3.8, 4) is 5.75 Å². The van der Waals surface area contributed by atoms with Crippen LogP contribution < -0.4 is 10.1 Å². The maximum Gasteiger partial charge on any atom is 0.271 e. The van der Waals surface area contributed by atoms with E-state index in [1.54, 1.807) is 0 Å². The molecule has 7 heteroatoms. The van der Waals surface area contributed by atoms with Gasteiger partial charge in [-0.25, -0.2) is 0 Å². The second-order valence-corrected chi connectivity index (χ2v) is 5.71. The monoisotopic (exact) mass is 348 g/mol. The average molecular weight is 349 g/mol. The minimum absolute atomic E-state index is 0.0870. The molecule has 0 saturated carbocycles. The van der Waals surface area contributed by atoms with Crippen molar-refractivity contribution in [3.63, 3.8) is 0 Å². The Morgan fingerprint density at radius 3 is 2.67 bits per heavy atom. The number of nitrogens with one attached hydrogen (secondary N) is 1. The highest BCUT2D eigenvalue weighted by molar-refractivity contribution is 6.32. The lowest BCUT2D eigenvalue weighted by Crippen LogP contribution is -2.31. The summed E-state index contributed by atoms with van der Waals surface area (Å²) >= 11 is 5.92. The van der Waals surface area contributed by atoms with Gasteiger partial charge in [-0.2, -0.15) is 0 Å². The van der Waals surface area contributed by atoms with Gasteiger partial charge in [0.1, 0.15) is 5.75 Å². The molecule has 1 atom stereocenters. The van der Waals surface area contributed by atoms with Gasteiger partial charge in [0.2, 0.25) is 0 Å². The molecule has 0 heterocycles. The molecule has 2 rings (SSSR count). The molecule has 0 bridgehead atoms. The van der Waals surface area contributed by atoms with Crippen molar-refractivity contribution in [1.29, 1.82) is 0 Å². The number of rotatable bonds is 6. The zero-order chi connectivity index (χ0) is 17.7. The fourth-order valence-electron chi connectivity index (χ4n) is 2.30. The van der Waals surface area contributed by atoms with Crippen molar-refractivity contribution in [2.75, 3.05) is 6.61 Å². The first kappa shape index (κ1) is 17.7. The molecule has 0 fully saturated rings. The molecule has 2 aromatic carbocycles. The van der Waals surface area contributed by atoms with Crippen molar-refractivity contribution >= 4 is 23.2 Å². The van der Waals surface area contributed by atoms with Crippen LogP contribution in [0, 0.1) is 17.0 Å². The number of carbonyl (C=O) groups is 1. The molecule has 6 nitrogen and oxygen atoms in total. The smallest absolute Gasteiger partial charge is 0.271 e. The molecule has 0 spiro atoms. The lowest BCUT2D eigenvalue weighted by Gasteiger charge is -2.17. The van der Waals surface area contributed by atoms with E-state index in [4.69, 9.17) is 16.3 Å². The number of ether oxygens (including phenoxy) is 1. The zero-order valence-corrected chi connectivity index (χ0v) is 14.0. The van der Waals surface area contributed by atoms with Crippen LogP contribution >= 0.6 is 11.6 Å². The van der Waals surface area contributed by atoms with Crippen LogP contribution in [0.3, 0.4) is 0 Å². The Labute approximate surface area is 144 Å². The van der Waals surface area contributed by atoms with E-state index in [0.29, 0.717) is 0 Å². The van der Waals surface area contributed by atoms with Crippen LogP contribution in [-0.2, 0) is 4.79 Å². The lowest BCUT2D eigenvalue weighted by atomic mass is 10.0. The largest absolute Gasteiger partial charge is 0.482 e. The Hall–Kier alpha value is -2.60. The maximum atomic E-state index is 12.0. The number of hydrogen-bond acceptors (Lipinski definition) is 4. The summed E-state index contributed by atoms with van der Waals surface area (Å²) in [4.78, 5) is 22.1. The SMILES string of the molecule is Cc1ccccc1C(C)NC(=O)COc1ccc([N+](=O)[O-])cc1Cl. The Balaban J connectivity index is 1.94. The van der Waals surface area contributed by atoms with E-state index < -0.39 is 4.92 Å². The van der Waals surface area contributed by atoms with Crippen LogP contribution in [0.5, 0.6) is 5.75 Å². The van der Waals surface area contributed by atoms with Crippen LogP contribution in [0.15, 0.2) is 42.5 Å². The predicted molar refractivity (Wildman–Crippen MR) is 91.3 cm³/mol. The van der Waals surface area contributed by atoms with Gasteiger partial charge in [0, 0.05) is 12.1 Å². The van der Waals surface area contributed by atoms with Gasteiger partial charge in [-0.3, -0.25) is 14.9 Å². The molecule has 0 aliphatic heterocycles. The van der Waals surface area contributed by atoms with Crippen LogP contribution in [0.1, 0.15) is 24.1 Å². The number of amides is 1. The van der Waals surface area contributed by atoms with Crippen LogP contribution in [0.4, 0.5) is 5.69 Å². The molecule has 0 radical (unpaired) electrons. The Bertz CT molecular complexity index is 764. The van der Waals surface area contributed by atoms with E-state index in [-0.39, 0.29) is 35.0 Å². The molecule has 126 valence electrons. The van der Waals surface area contributed by atoms with Gasteiger partial charge >= 0.3 is 0 Å². The normalized spacial score (nSPS) is 11.6. The highest BCUT2D eigenvalue weighted by Gasteiger charge is 2.14. The summed E-state index contributed by atoms with van der Waals surface area (Å²) in [6.45, 7) is 3.64. The molecule has 2 aromatic rings. The summed E-state index contributed by atoms with van der Waals surface area (Å²) in [5, 5.41) is 13.6. The molecule has 0 aliphatic carbocycles. The van der Waals surface area contributed by atoms with Crippen LogP contribution in [0.25, 0.3) is 0 Å². The molecule has 1 amide bonds. The van der Waals surface area contributed by atoms with E-state index in [9.17, 15) is 14.9 Å². The number of nitrogens with zero attached hydrogens (tertiary/aromatic N) is 1. The number of nitro groups is 1. The minimum atomic E-state index is -0.549. The van der Waals surface area contributed by atoms with Crippen molar-refractivity contribution in [3.05, 3.63) is 68.7 Å². The second-order valence-electron chi connectivity index (χ2n) is 5.31. The Morgan fingerprint density at radius 1 is 1.33 bits per heavy atom. The third-order valence-corrected chi connectivity index (χ3v) is 3.81. The molecule has 0 saturated heterocycles. The molecule has 1 unspecified atom stereocenters. The average Bonchev–Trinajstić information content (AvgIpc) is 2.53. The number of nitro benzene ring substituents is 1.